The zero-order valence-electron chi connectivity index (χ0n) is 20.2. The summed E-state index contributed by atoms with van der Waals surface area (Å²) in [6.45, 7) is 1.32. The lowest BCUT2D eigenvalue weighted by Gasteiger charge is -2.22. The molecule has 0 spiro atoms. The number of aliphatic hydroxyl groups excluding tert-OH is 7. The second-order valence-electron chi connectivity index (χ2n) is 8.45. The van der Waals surface area contributed by atoms with E-state index in [1.165, 1.54) is 70.6 Å². The Bertz CT molecular complexity index is 452. The molecule has 0 aliphatic carbocycles. The zero-order chi connectivity index (χ0) is 25.5. The monoisotopic (exact) mass is 479 g/mol. The summed E-state index contributed by atoms with van der Waals surface area (Å²) in [7, 11) is 0. The van der Waals surface area contributed by atoms with Gasteiger partial charge in [-0.05, 0) is 12.8 Å². The van der Waals surface area contributed by atoms with Crippen LogP contribution in [0.5, 0.6) is 0 Å². The topological polar surface area (TPSA) is 185 Å². The maximum Gasteiger partial charge on any atom is 0.151 e. The molecule has 0 aliphatic rings. The molecule has 33 heavy (non-hydrogen) atoms. The van der Waals surface area contributed by atoms with Crippen LogP contribution in [0.15, 0.2) is 12.2 Å². The standard InChI is InChI=1S/C18H37NO2.C6H12O6/c1-2-3-4-5-6-7-8-9-10-11-12-13-14-15-18(21)17(19)16-20;7-1-3(9)5(11)6(12)4(10)2-8/h14-15,17-18,20-21H,2-13,16,19H2,1H3;1,3-6,8-12H,2H2/b15-14+;. The number of hydrogen-bond donors (Lipinski definition) is 8. The molecule has 0 rings (SSSR count). The fourth-order valence-electron chi connectivity index (χ4n) is 3.03. The predicted molar refractivity (Wildman–Crippen MR) is 128 cm³/mol. The Hall–Kier alpha value is -0.910. The summed E-state index contributed by atoms with van der Waals surface area (Å²) in [6.07, 6.45) is 12.0. The summed E-state index contributed by atoms with van der Waals surface area (Å²) in [4.78, 5) is 9.90. The first-order valence-electron chi connectivity index (χ1n) is 12.3. The van der Waals surface area contributed by atoms with E-state index in [9.17, 15) is 9.90 Å². The zero-order valence-corrected chi connectivity index (χ0v) is 20.2. The highest BCUT2D eigenvalue weighted by Crippen LogP contribution is 2.12. The molecule has 0 aromatic rings. The first-order chi connectivity index (χ1) is 15.8. The van der Waals surface area contributed by atoms with Crippen molar-refractivity contribution in [2.24, 2.45) is 5.73 Å². The third-order valence-corrected chi connectivity index (χ3v) is 5.38. The minimum Gasteiger partial charge on any atom is -0.395 e. The number of aldehydes is 1. The van der Waals surface area contributed by atoms with Gasteiger partial charge in [0.2, 0.25) is 0 Å². The molecule has 0 aromatic carbocycles. The molecule has 0 fully saturated rings. The third kappa shape index (κ3) is 20.2. The van der Waals surface area contributed by atoms with E-state index in [0.29, 0.717) is 0 Å². The Kier molecular flexibility index (Phi) is 25.1. The lowest BCUT2D eigenvalue weighted by Crippen LogP contribution is -2.46. The van der Waals surface area contributed by atoms with Crippen molar-refractivity contribution in [3.8, 4) is 0 Å². The fourth-order valence-corrected chi connectivity index (χ4v) is 3.03. The summed E-state index contributed by atoms with van der Waals surface area (Å²) in [5, 5.41) is 61.8. The van der Waals surface area contributed by atoms with Crippen LogP contribution in [0, 0.1) is 0 Å². The SMILES string of the molecule is CCCCCCCCCCCCC/C=C/C(O)C(N)CO.O=CC(O)C(O)C(O)C(O)CO. The van der Waals surface area contributed by atoms with Crippen molar-refractivity contribution in [1.29, 1.82) is 0 Å². The Labute approximate surface area is 199 Å². The molecule has 0 saturated heterocycles. The number of unbranched alkanes of at least 4 members (excludes halogenated alkanes) is 11. The molecular weight excluding hydrogens is 430 g/mol. The number of hydrogen-bond acceptors (Lipinski definition) is 9. The molecule has 9 heteroatoms. The van der Waals surface area contributed by atoms with Crippen LogP contribution in [0.3, 0.4) is 0 Å². The van der Waals surface area contributed by atoms with E-state index < -0.39 is 43.2 Å². The molecule has 0 heterocycles. The highest BCUT2D eigenvalue weighted by atomic mass is 16.4. The van der Waals surface area contributed by atoms with Gasteiger partial charge in [-0.25, -0.2) is 0 Å². The second kappa shape index (κ2) is 24.2. The molecule has 0 radical (unpaired) electrons. The summed E-state index contributed by atoms with van der Waals surface area (Å²) < 4.78 is 0. The lowest BCUT2D eigenvalue weighted by molar-refractivity contribution is -0.136. The van der Waals surface area contributed by atoms with Gasteiger partial charge < -0.3 is 46.3 Å². The van der Waals surface area contributed by atoms with Gasteiger partial charge in [0.15, 0.2) is 6.29 Å². The van der Waals surface area contributed by atoms with E-state index in [1.54, 1.807) is 6.08 Å². The van der Waals surface area contributed by atoms with E-state index in [0.717, 1.165) is 6.42 Å². The maximum atomic E-state index is 9.90. The number of nitrogens with two attached hydrogens (primary N) is 1. The number of carbonyl (C=O) groups excluding carboxylic acids is 1. The van der Waals surface area contributed by atoms with Crippen LogP contribution in [0.1, 0.15) is 84.0 Å². The predicted octanol–water partition coefficient (Wildman–Crippen LogP) is 0.545. The number of rotatable bonds is 20. The molecule has 9 nitrogen and oxygen atoms in total. The van der Waals surface area contributed by atoms with Crippen molar-refractivity contribution in [2.75, 3.05) is 13.2 Å². The van der Waals surface area contributed by atoms with Crippen LogP contribution in [0.4, 0.5) is 0 Å². The normalized spacial score (nSPS) is 17.0. The van der Waals surface area contributed by atoms with E-state index in [-0.39, 0.29) is 12.9 Å². The summed E-state index contributed by atoms with van der Waals surface area (Å²) in [5.41, 5.74) is 5.51. The highest BCUT2D eigenvalue weighted by molar-refractivity contribution is 5.56. The average molecular weight is 480 g/mol. The van der Waals surface area contributed by atoms with Crippen molar-refractivity contribution in [1.82, 2.24) is 0 Å². The van der Waals surface area contributed by atoms with Crippen LogP contribution < -0.4 is 5.73 Å². The van der Waals surface area contributed by atoms with Gasteiger partial charge >= 0.3 is 0 Å². The molecule has 6 unspecified atom stereocenters. The largest absolute Gasteiger partial charge is 0.395 e. The third-order valence-electron chi connectivity index (χ3n) is 5.38. The molecule has 0 aromatic heterocycles. The summed E-state index contributed by atoms with van der Waals surface area (Å²) in [6, 6.07) is -0.557. The van der Waals surface area contributed by atoms with Crippen molar-refractivity contribution in [3.05, 3.63) is 12.2 Å². The molecule has 0 aliphatic heterocycles. The van der Waals surface area contributed by atoms with Gasteiger partial charge in [-0.15, -0.1) is 0 Å². The van der Waals surface area contributed by atoms with Gasteiger partial charge in [-0.3, -0.25) is 0 Å². The Morgan fingerprint density at radius 1 is 0.697 bits per heavy atom. The highest BCUT2D eigenvalue weighted by Gasteiger charge is 2.29. The van der Waals surface area contributed by atoms with Crippen molar-refractivity contribution < 1.29 is 40.5 Å². The van der Waals surface area contributed by atoms with Gasteiger partial charge in [0.05, 0.1) is 25.4 Å². The van der Waals surface area contributed by atoms with Crippen molar-refractivity contribution in [2.45, 2.75) is 121 Å². The lowest BCUT2D eigenvalue weighted by atomic mass is 10.0. The van der Waals surface area contributed by atoms with Crippen LogP contribution in [-0.2, 0) is 4.79 Å². The molecule has 6 atom stereocenters. The molecule has 0 bridgehead atoms. The van der Waals surface area contributed by atoms with Crippen LogP contribution in [-0.4, -0.2) is 91.8 Å². The first kappa shape index (κ1) is 34.3. The van der Waals surface area contributed by atoms with Crippen molar-refractivity contribution >= 4 is 6.29 Å². The van der Waals surface area contributed by atoms with Gasteiger partial charge in [0.1, 0.15) is 24.4 Å². The quantitative estimate of drug-likeness (QED) is 0.0701. The molecule has 0 saturated carbocycles. The number of allylic oxidation sites excluding steroid dienone is 1. The smallest absolute Gasteiger partial charge is 0.151 e. The molecule has 0 amide bonds. The Morgan fingerprint density at radius 2 is 1.18 bits per heavy atom. The van der Waals surface area contributed by atoms with Gasteiger partial charge in [0.25, 0.3) is 0 Å². The molecule has 198 valence electrons. The fraction of sp³-hybridized carbons (Fsp3) is 0.875. The van der Waals surface area contributed by atoms with E-state index in [1.807, 2.05) is 6.08 Å². The number of aliphatic hydroxyl groups is 7. The Balaban J connectivity index is 0. The van der Waals surface area contributed by atoms with E-state index >= 15 is 0 Å². The van der Waals surface area contributed by atoms with Crippen molar-refractivity contribution in [3.63, 3.8) is 0 Å². The minimum absolute atomic E-state index is 0.0258. The average Bonchev–Trinajstić information content (AvgIpc) is 2.84. The van der Waals surface area contributed by atoms with E-state index in [4.69, 9.17) is 36.4 Å². The first-order valence-corrected chi connectivity index (χ1v) is 12.3. The minimum atomic E-state index is -1.79. The maximum absolute atomic E-state index is 9.90. The van der Waals surface area contributed by atoms with Crippen LogP contribution in [0.2, 0.25) is 0 Å². The summed E-state index contributed by atoms with van der Waals surface area (Å²) >= 11 is 0. The van der Waals surface area contributed by atoms with Gasteiger partial charge in [-0.2, -0.15) is 0 Å². The van der Waals surface area contributed by atoms with Gasteiger partial charge in [0, 0.05) is 0 Å². The van der Waals surface area contributed by atoms with Crippen LogP contribution in [0.25, 0.3) is 0 Å². The van der Waals surface area contributed by atoms with Crippen LogP contribution >= 0.6 is 0 Å². The molecule has 9 N–H and O–H groups in total. The van der Waals surface area contributed by atoms with E-state index in [2.05, 4.69) is 6.92 Å². The summed E-state index contributed by atoms with van der Waals surface area (Å²) in [5.74, 6) is 0. The molecular formula is C24H49NO8. The Morgan fingerprint density at radius 3 is 1.61 bits per heavy atom. The number of carbonyl (C=O) groups is 1. The second-order valence-corrected chi connectivity index (χ2v) is 8.45. The van der Waals surface area contributed by atoms with Gasteiger partial charge in [-0.1, -0.05) is 83.3 Å².